The first-order valence-corrected chi connectivity index (χ1v) is 11.2. The molecule has 0 saturated carbocycles. The van der Waals surface area contributed by atoms with Gasteiger partial charge < -0.3 is 25.5 Å². The summed E-state index contributed by atoms with van der Waals surface area (Å²) >= 11 is 0. The summed E-state index contributed by atoms with van der Waals surface area (Å²) in [4.78, 5) is 25.4. The van der Waals surface area contributed by atoms with Gasteiger partial charge >= 0.3 is 0 Å². The van der Waals surface area contributed by atoms with Crippen molar-refractivity contribution in [3.05, 3.63) is 29.3 Å². The average molecular weight is 457 g/mol. The first kappa shape index (κ1) is 26.2. The quantitative estimate of drug-likeness (QED) is 0.562. The summed E-state index contributed by atoms with van der Waals surface area (Å²) in [6, 6.07) is 5.39. The highest BCUT2D eigenvalue weighted by Gasteiger charge is 2.24. The molecule has 182 valence electrons. The van der Waals surface area contributed by atoms with Gasteiger partial charge in [0, 0.05) is 45.5 Å². The van der Waals surface area contributed by atoms with Gasteiger partial charge in [-0.15, -0.1) is 0 Å². The summed E-state index contributed by atoms with van der Waals surface area (Å²) in [6.07, 6.45) is 0. The van der Waals surface area contributed by atoms with Crippen molar-refractivity contribution >= 4 is 29.2 Å². The van der Waals surface area contributed by atoms with E-state index >= 15 is 0 Å². The predicted molar refractivity (Wildman–Crippen MR) is 137 cm³/mol. The predicted octanol–water partition coefficient (Wildman–Crippen LogP) is 4.56. The molecule has 0 bridgehead atoms. The maximum Gasteiger partial charge on any atom is 0.251 e. The number of anilines is 4. The van der Waals surface area contributed by atoms with Crippen LogP contribution in [-0.4, -0.2) is 55.2 Å². The normalized spacial score (nSPS) is 11.8. The number of hydrogen-bond acceptors (Lipinski definition) is 7. The van der Waals surface area contributed by atoms with Crippen molar-refractivity contribution in [2.75, 3.05) is 49.3 Å². The molecule has 1 aromatic heterocycles. The molecule has 0 saturated heterocycles. The van der Waals surface area contributed by atoms with Gasteiger partial charge in [-0.25, -0.2) is 0 Å². The van der Waals surface area contributed by atoms with Crippen LogP contribution in [0, 0.1) is 17.8 Å². The fourth-order valence-electron chi connectivity index (χ4n) is 3.69. The van der Waals surface area contributed by atoms with Gasteiger partial charge in [-0.05, 0) is 35.4 Å². The van der Waals surface area contributed by atoms with Crippen LogP contribution >= 0.6 is 0 Å². The van der Waals surface area contributed by atoms with E-state index in [-0.39, 0.29) is 22.5 Å². The molecule has 1 amide bonds. The smallest absolute Gasteiger partial charge is 0.251 e. The number of nitrogens with one attached hydrogen (secondary N) is 2. The van der Waals surface area contributed by atoms with Crippen molar-refractivity contribution in [2.45, 2.75) is 48.5 Å². The van der Waals surface area contributed by atoms with Gasteiger partial charge in [-0.2, -0.15) is 9.97 Å². The molecule has 0 aliphatic rings. The molecule has 2 rings (SSSR count). The third kappa shape index (κ3) is 7.23. The highest BCUT2D eigenvalue weighted by molar-refractivity contribution is 5.95. The number of hydrogen-bond donors (Lipinski definition) is 3. The molecular weight excluding hydrogens is 416 g/mol. The SMILES string of the molecule is CNC(=O)c1ccc(C)c(Nc2nc(N(C)CC(C)(C)C)nc(N(C)CC(C)(C)C)c2O)c1. The van der Waals surface area contributed by atoms with Crippen molar-refractivity contribution < 1.29 is 9.90 Å². The Kier molecular flexibility index (Phi) is 7.83. The Labute approximate surface area is 198 Å². The van der Waals surface area contributed by atoms with E-state index in [1.165, 1.54) is 0 Å². The molecule has 0 spiro atoms. The maximum atomic E-state index is 12.1. The van der Waals surface area contributed by atoms with Gasteiger partial charge in [0.25, 0.3) is 5.91 Å². The van der Waals surface area contributed by atoms with Crippen molar-refractivity contribution in [3.63, 3.8) is 0 Å². The standard InChI is InChI=1S/C25H40N6O2/c1-16-11-12-17(22(33)26-8)13-18(16)27-20-19(32)21(30(9)14-24(2,3)4)29-23(28-20)31(10)15-25(5,6)7/h11-13,32H,14-15H2,1-10H3,(H,26,33)(H,27,28,29). The van der Waals surface area contributed by atoms with E-state index in [9.17, 15) is 9.90 Å². The minimum Gasteiger partial charge on any atom is -0.502 e. The lowest BCUT2D eigenvalue weighted by atomic mass is 9.96. The zero-order chi connectivity index (χ0) is 25.1. The molecular formula is C25H40N6O2. The molecule has 0 unspecified atom stereocenters. The van der Waals surface area contributed by atoms with Crippen LogP contribution in [0.5, 0.6) is 5.75 Å². The van der Waals surface area contributed by atoms with E-state index in [1.807, 2.05) is 36.9 Å². The number of amides is 1. The highest BCUT2D eigenvalue weighted by atomic mass is 16.3. The van der Waals surface area contributed by atoms with Crippen LogP contribution in [0.15, 0.2) is 18.2 Å². The zero-order valence-corrected chi connectivity index (χ0v) is 21.8. The lowest BCUT2D eigenvalue weighted by Crippen LogP contribution is -2.33. The van der Waals surface area contributed by atoms with E-state index in [1.54, 1.807) is 19.2 Å². The highest BCUT2D eigenvalue weighted by Crippen LogP contribution is 2.37. The first-order chi connectivity index (χ1) is 15.1. The number of aromatic hydroxyl groups is 1. The van der Waals surface area contributed by atoms with Crippen molar-refractivity contribution in [1.29, 1.82) is 0 Å². The number of aromatic nitrogens is 2. The van der Waals surface area contributed by atoms with Crippen LogP contribution in [0.2, 0.25) is 0 Å². The maximum absolute atomic E-state index is 12.1. The number of carbonyl (C=O) groups excluding carboxylic acids is 1. The lowest BCUT2D eigenvalue weighted by molar-refractivity contribution is 0.0963. The van der Waals surface area contributed by atoms with Gasteiger partial charge in [0.2, 0.25) is 11.7 Å². The van der Waals surface area contributed by atoms with Gasteiger partial charge in [0.15, 0.2) is 11.6 Å². The number of benzene rings is 1. The Balaban J connectivity index is 2.57. The number of carbonyl (C=O) groups is 1. The molecule has 0 atom stereocenters. The van der Waals surface area contributed by atoms with E-state index in [2.05, 4.69) is 57.2 Å². The Hall–Kier alpha value is -3.03. The molecule has 0 aliphatic heterocycles. The topological polar surface area (TPSA) is 93.6 Å². The van der Waals surface area contributed by atoms with Gasteiger partial charge in [0.1, 0.15) is 0 Å². The average Bonchev–Trinajstić information content (AvgIpc) is 2.67. The molecule has 0 radical (unpaired) electrons. The van der Waals surface area contributed by atoms with Crippen LogP contribution < -0.4 is 20.4 Å². The Morgan fingerprint density at radius 1 is 1.00 bits per heavy atom. The number of aryl methyl sites for hydroxylation is 1. The summed E-state index contributed by atoms with van der Waals surface area (Å²) in [6.45, 7) is 16.3. The second kappa shape index (κ2) is 9.85. The van der Waals surface area contributed by atoms with E-state index in [0.29, 0.717) is 35.4 Å². The Bertz CT molecular complexity index is 992. The molecule has 0 fully saturated rings. The summed E-state index contributed by atoms with van der Waals surface area (Å²) in [5, 5.41) is 17.0. The lowest BCUT2D eigenvalue weighted by Gasteiger charge is -2.30. The van der Waals surface area contributed by atoms with Crippen LogP contribution in [0.1, 0.15) is 57.5 Å². The van der Waals surface area contributed by atoms with E-state index in [4.69, 9.17) is 4.98 Å². The zero-order valence-electron chi connectivity index (χ0n) is 21.8. The molecule has 8 heteroatoms. The van der Waals surface area contributed by atoms with Crippen LogP contribution in [0.25, 0.3) is 0 Å². The molecule has 1 aromatic carbocycles. The largest absolute Gasteiger partial charge is 0.502 e. The molecule has 3 N–H and O–H groups in total. The Morgan fingerprint density at radius 2 is 1.58 bits per heavy atom. The van der Waals surface area contributed by atoms with Crippen LogP contribution in [-0.2, 0) is 0 Å². The van der Waals surface area contributed by atoms with Crippen molar-refractivity contribution in [3.8, 4) is 5.75 Å². The number of nitrogens with zero attached hydrogens (tertiary/aromatic N) is 4. The second-order valence-corrected chi connectivity index (χ2v) is 11.1. The van der Waals surface area contributed by atoms with Crippen LogP contribution in [0.4, 0.5) is 23.3 Å². The monoisotopic (exact) mass is 456 g/mol. The van der Waals surface area contributed by atoms with Gasteiger partial charge in [-0.3, -0.25) is 4.79 Å². The Morgan fingerprint density at radius 3 is 2.12 bits per heavy atom. The number of rotatable bonds is 7. The second-order valence-electron chi connectivity index (χ2n) is 11.1. The van der Waals surface area contributed by atoms with Crippen molar-refractivity contribution in [2.24, 2.45) is 10.8 Å². The van der Waals surface area contributed by atoms with E-state index in [0.717, 1.165) is 12.1 Å². The van der Waals surface area contributed by atoms with Crippen molar-refractivity contribution in [1.82, 2.24) is 15.3 Å². The first-order valence-electron chi connectivity index (χ1n) is 11.2. The van der Waals surface area contributed by atoms with Gasteiger partial charge in [0.05, 0.1) is 0 Å². The molecule has 33 heavy (non-hydrogen) atoms. The third-order valence-electron chi connectivity index (χ3n) is 4.96. The summed E-state index contributed by atoms with van der Waals surface area (Å²) in [7, 11) is 5.47. The summed E-state index contributed by atoms with van der Waals surface area (Å²) in [5.41, 5.74) is 2.19. The fraction of sp³-hybridized carbons (Fsp3) is 0.560. The van der Waals surface area contributed by atoms with Gasteiger partial charge in [-0.1, -0.05) is 47.6 Å². The minimum absolute atomic E-state index is 0.00956. The third-order valence-corrected chi connectivity index (χ3v) is 4.96. The summed E-state index contributed by atoms with van der Waals surface area (Å²) < 4.78 is 0. The molecule has 1 heterocycles. The van der Waals surface area contributed by atoms with Crippen LogP contribution in [0.3, 0.4) is 0 Å². The minimum atomic E-state index is -0.179. The van der Waals surface area contributed by atoms with E-state index < -0.39 is 0 Å². The molecule has 8 nitrogen and oxygen atoms in total. The molecule has 0 aliphatic carbocycles. The fourth-order valence-corrected chi connectivity index (χ4v) is 3.69. The molecule has 2 aromatic rings. The summed E-state index contributed by atoms with van der Waals surface area (Å²) in [5.74, 6) is 1.06.